The Labute approximate surface area is 164 Å². The van der Waals surface area contributed by atoms with Crippen LogP contribution >= 0.6 is 0 Å². The molecule has 1 heterocycles. The lowest BCUT2D eigenvalue weighted by atomic mass is 10.0. The van der Waals surface area contributed by atoms with Crippen LogP contribution in [0.3, 0.4) is 0 Å². The second-order valence-electron chi connectivity index (χ2n) is 6.43. The number of anilines is 2. The Morgan fingerprint density at radius 2 is 1.71 bits per heavy atom. The first-order chi connectivity index (χ1) is 13.6. The van der Waals surface area contributed by atoms with E-state index in [-0.39, 0.29) is 18.7 Å². The molecule has 0 aliphatic rings. The van der Waals surface area contributed by atoms with E-state index in [0.717, 1.165) is 29.7 Å². The number of aryl methyl sites for hydroxylation is 2. The van der Waals surface area contributed by atoms with E-state index < -0.39 is 5.97 Å². The zero-order valence-electron chi connectivity index (χ0n) is 16.5. The molecule has 0 radical (unpaired) electrons. The number of carbonyl (C=O) groups excluding carboxylic acids is 1. The molecule has 2 aromatic carbocycles. The molecule has 146 valence electrons. The molecule has 0 saturated heterocycles. The Bertz CT molecular complexity index is 1030. The van der Waals surface area contributed by atoms with E-state index >= 15 is 0 Å². The van der Waals surface area contributed by atoms with Crippen molar-refractivity contribution in [2.75, 3.05) is 11.9 Å². The molecule has 0 fully saturated rings. The number of hydrogen-bond donors (Lipinski definition) is 1. The number of nitrogens with zero attached hydrogens (tertiary/aromatic N) is 2. The largest absolute Gasteiger partial charge is 0.465 e. The van der Waals surface area contributed by atoms with Gasteiger partial charge in [0.1, 0.15) is 6.54 Å². The Morgan fingerprint density at radius 1 is 1.04 bits per heavy atom. The van der Waals surface area contributed by atoms with Crippen molar-refractivity contribution in [2.45, 2.75) is 40.2 Å². The summed E-state index contributed by atoms with van der Waals surface area (Å²) in [4.78, 5) is 29.8. The van der Waals surface area contributed by atoms with Crippen LogP contribution in [0.5, 0.6) is 0 Å². The molecular formula is C22H25N3O3. The number of nitrogens with one attached hydrogen (secondary N) is 1. The van der Waals surface area contributed by atoms with Crippen molar-refractivity contribution in [3.05, 3.63) is 63.9 Å². The van der Waals surface area contributed by atoms with Crippen LogP contribution in [0.15, 0.2) is 47.3 Å². The van der Waals surface area contributed by atoms with Gasteiger partial charge >= 0.3 is 5.97 Å². The standard InChI is InChI=1S/C22H25N3O3/c1-4-15-10-9-11-16(5-2)20(15)24-22-23-18-13-8-7-12-17(18)21(27)25(22)14-19(26)28-6-3/h7-13H,4-6,14H2,1-3H3,(H,23,24). The van der Waals surface area contributed by atoms with Crippen LogP contribution in [0, 0.1) is 0 Å². The molecule has 1 N–H and O–H groups in total. The molecule has 0 bridgehead atoms. The first kappa shape index (κ1) is 19.6. The minimum atomic E-state index is -0.468. The highest BCUT2D eigenvalue weighted by Gasteiger charge is 2.16. The summed E-state index contributed by atoms with van der Waals surface area (Å²) in [6.07, 6.45) is 1.68. The van der Waals surface area contributed by atoms with Crippen LogP contribution in [0.1, 0.15) is 31.9 Å². The average Bonchev–Trinajstić information content (AvgIpc) is 2.71. The summed E-state index contributed by atoms with van der Waals surface area (Å²) in [5.41, 5.74) is 3.51. The number of para-hydroxylation sites is 2. The Hall–Kier alpha value is -3.15. The van der Waals surface area contributed by atoms with Gasteiger partial charge in [-0.25, -0.2) is 4.98 Å². The van der Waals surface area contributed by atoms with Gasteiger partial charge in [-0.2, -0.15) is 0 Å². The van der Waals surface area contributed by atoms with Crippen molar-refractivity contribution in [3.8, 4) is 0 Å². The van der Waals surface area contributed by atoms with Crippen molar-refractivity contribution in [1.82, 2.24) is 9.55 Å². The SMILES string of the molecule is CCOC(=O)Cn1c(Nc2c(CC)cccc2CC)nc2ccccc2c1=O. The van der Waals surface area contributed by atoms with Gasteiger partial charge in [0.15, 0.2) is 0 Å². The van der Waals surface area contributed by atoms with Gasteiger partial charge < -0.3 is 10.1 Å². The third-order valence-electron chi connectivity index (χ3n) is 4.69. The molecule has 1 aromatic heterocycles. The number of carbonyl (C=O) groups is 1. The summed E-state index contributed by atoms with van der Waals surface area (Å²) in [5.74, 6) is -0.128. The topological polar surface area (TPSA) is 73.2 Å². The normalized spacial score (nSPS) is 10.8. The van der Waals surface area contributed by atoms with Gasteiger partial charge in [-0.1, -0.05) is 44.2 Å². The molecule has 0 saturated carbocycles. The second-order valence-corrected chi connectivity index (χ2v) is 6.43. The maximum absolute atomic E-state index is 13.1. The Morgan fingerprint density at radius 3 is 2.36 bits per heavy atom. The highest BCUT2D eigenvalue weighted by Crippen LogP contribution is 2.26. The predicted octanol–water partition coefficient (Wildman–Crippen LogP) is 3.83. The lowest BCUT2D eigenvalue weighted by Crippen LogP contribution is -2.28. The molecule has 3 aromatic rings. The maximum atomic E-state index is 13.1. The monoisotopic (exact) mass is 379 g/mol. The molecular weight excluding hydrogens is 354 g/mol. The number of esters is 1. The smallest absolute Gasteiger partial charge is 0.326 e. The van der Waals surface area contributed by atoms with Crippen LogP contribution in [0.25, 0.3) is 10.9 Å². The molecule has 0 unspecified atom stereocenters. The van der Waals surface area contributed by atoms with Gasteiger partial charge in [0, 0.05) is 5.69 Å². The molecule has 0 aliphatic carbocycles. The van der Waals surface area contributed by atoms with Crippen LogP contribution in [-0.2, 0) is 28.9 Å². The van der Waals surface area contributed by atoms with Crippen LogP contribution in [0.2, 0.25) is 0 Å². The second kappa shape index (κ2) is 8.69. The van der Waals surface area contributed by atoms with E-state index in [2.05, 4.69) is 36.3 Å². The van der Waals surface area contributed by atoms with Crippen molar-refractivity contribution >= 4 is 28.5 Å². The van der Waals surface area contributed by atoms with Crippen molar-refractivity contribution in [2.24, 2.45) is 0 Å². The van der Waals surface area contributed by atoms with Gasteiger partial charge in [0.25, 0.3) is 5.56 Å². The summed E-state index contributed by atoms with van der Waals surface area (Å²) in [5, 5.41) is 3.81. The summed E-state index contributed by atoms with van der Waals surface area (Å²) < 4.78 is 6.41. The predicted molar refractivity (Wildman–Crippen MR) is 111 cm³/mol. The Balaban J connectivity index is 2.17. The lowest BCUT2D eigenvalue weighted by molar-refractivity contribution is -0.143. The van der Waals surface area contributed by atoms with Gasteiger partial charge in [0.2, 0.25) is 5.95 Å². The van der Waals surface area contributed by atoms with Crippen LogP contribution < -0.4 is 10.9 Å². The number of hydrogen-bond acceptors (Lipinski definition) is 5. The number of ether oxygens (including phenoxy) is 1. The quantitative estimate of drug-likeness (QED) is 0.632. The summed E-state index contributed by atoms with van der Waals surface area (Å²) in [6.45, 7) is 5.97. The van der Waals surface area contributed by atoms with Crippen molar-refractivity contribution < 1.29 is 9.53 Å². The van der Waals surface area contributed by atoms with E-state index in [1.54, 1.807) is 25.1 Å². The fourth-order valence-corrected chi connectivity index (χ4v) is 3.26. The average molecular weight is 379 g/mol. The molecule has 0 spiro atoms. The number of benzene rings is 2. The number of rotatable bonds is 7. The maximum Gasteiger partial charge on any atom is 0.326 e. The number of fused-ring (bicyclic) bond motifs is 1. The minimum Gasteiger partial charge on any atom is -0.465 e. The molecule has 0 atom stereocenters. The van der Waals surface area contributed by atoms with Gasteiger partial charge in [-0.15, -0.1) is 0 Å². The highest BCUT2D eigenvalue weighted by molar-refractivity contribution is 5.80. The number of aromatic nitrogens is 2. The first-order valence-electron chi connectivity index (χ1n) is 9.62. The molecule has 0 aliphatic heterocycles. The van der Waals surface area contributed by atoms with E-state index in [0.29, 0.717) is 16.9 Å². The van der Waals surface area contributed by atoms with Gasteiger partial charge in [-0.05, 0) is 43.0 Å². The molecule has 6 heteroatoms. The van der Waals surface area contributed by atoms with Gasteiger partial charge in [-0.3, -0.25) is 14.2 Å². The summed E-state index contributed by atoms with van der Waals surface area (Å²) >= 11 is 0. The van der Waals surface area contributed by atoms with Crippen molar-refractivity contribution in [1.29, 1.82) is 0 Å². The highest BCUT2D eigenvalue weighted by atomic mass is 16.5. The first-order valence-corrected chi connectivity index (χ1v) is 9.62. The lowest BCUT2D eigenvalue weighted by Gasteiger charge is -2.18. The third-order valence-corrected chi connectivity index (χ3v) is 4.69. The summed E-state index contributed by atoms with van der Waals surface area (Å²) in [6, 6.07) is 13.3. The van der Waals surface area contributed by atoms with E-state index in [9.17, 15) is 9.59 Å². The third kappa shape index (κ3) is 3.91. The zero-order valence-corrected chi connectivity index (χ0v) is 16.5. The Kier molecular flexibility index (Phi) is 6.09. The molecule has 3 rings (SSSR count). The molecule has 28 heavy (non-hydrogen) atoms. The minimum absolute atomic E-state index is 0.192. The fraction of sp³-hybridized carbons (Fsp3) is 0.318. The van der Waals surface area contributed by atoms with Gasteiger partial charge in [0.05, 0.1) is 17.5 Å². The van der Waals surface area contributed by atoms with E-state index in [4.69, 9.17) is 4.74 Å². The van der Waals surface area contributed by atoms with Crippen LogP contribution in [0.4, 0.5) is 11.6 Å². The molecule has 6 nitrogen and oxygen atoms in total. The van der Waals surface area contributed by atoms with E-state index in [1.165, 1.54) is 4.57 Å². The fourth-order valence-electron chi connectivity index (χ4n) is 3.26. The van der Waals surface area contributed by atoms with Crippen molar-refractivity contribution in [3.63, 3.8) is 0 Å². The van der Waals surface area contributed by atoms with E-state index in [1.807, 2.05) is 12.1 Å². The molecule has 0 amide bonds. The van der Waals surface area contributed by atoms with Crippen LogP contribution in [-0.4, -0.2) is 22.1 Å². The zero-order chi connectivity index (χ0) is 20.1. The summed E-state index contributed by atoms with van der Waals surface area (Å²) in [7, 11) is 0.